The number of benzene rings is 3. The van der Waals surface area contributed by atoms with E-state index in [0.29, 0.717) is 0 Å². The third-order valence-electron chi connectivity index (χ3n) is 5.54. The van der Waals surface area contributed by atoms with E-state index in [1.165, 1.54) is 87.0 Å². The Morgan fingerprint density at radius 3 is 0.690 bits per heavy atom. The number of ether oxygens (including phenoxy) is 6. The lowest BCUT2D eigenvalue weighted by molar-refractivity contribution is 0.0263. The number of esters is 6. The summed E-state index contributed by atoms with van der Waals surface area (Å²) in [4.78, 5) is 71.5. The summed E-state index contributed by atoms with van der Waals surface area (Å²) in [6.07, 6.45) is 0. The van der Waals surface area contributed by atoms with Gasteiger partial charge in [0.05, 0.1) is 47.6 Å². The molecule has 12 nitrogen and oxygen atoms in total. The van der Waals surface area contributed by atoms with Crippen molar-refractivity contribution in [3.8, 4) is 0 Å². The van der Waals surface area contributed by atoms with Gasteiger partial charge in [-0.3, -0.25) is 0 Å². The van der Waals surface area contributed by atoms with Crippen LogP contribution in [0.15, 0.2) is 72.8 Å². The highest BCUT2D eigenvalue weighted by atomic mass is 16.6. The number of carbonyl (C=O) groups is 6. The highest BCUT2D eigenvalue weighted by molar-refractivity contribution is 5.95. The maximum atomic E-state index is 12.2. The Kier molecular flexibility index (Phi) is 11.3. The molecule has 3 aromatic rings. The van der Waals surface area contributed by atoms with Crippen LogP contribution in [-0.4, -0.2) is 76.5 Å². The molecule has 0 atom stereocenters. The first-order valence-corrected chi connectivity index (χ1v) is 12.4. The lowest BCUT2D eigenvalue weighted by atomic mass is 10.1. The summed E-state index contributed by atoms with van der Waals surface area (Å²) in [7, 11) is 2.50. The van der Waals surface area contributed by atoms with Crippen LogP contribution in [0.1, 0.15) is 62.1 Å². The van der Waals surface area contributed by atoms with Gasteiger partial charge in [0.15, 0.2) is 0 Å². The average Bonchev–Trinajstić information content (AvgIpc) is 3.04. The predicted octanol–water partition coefficient (Wildman–Crippen LogP) is 3.29. The van der Waals surface area contributed by atoms with Gasteiger partial charge in [-0.2, -0.15) is 0 Å². The molecule has 0 N–H and O–H groups in total. The number of rotatable bonds is 12. The van der Waals surface area contributed by atoms with Crippen LogP contribution in [0, 0.1) is 0 Å². The van der Waals surface area contributed by atoms with Gasteiger partial charge < -0.3 is 28.4 Å². The lowest BCUT2D eigenvalue weighted by Crippen LogP contribution is -2.15. The number of hydrogen-bond acceptors (Lipinski definition) is 12. The molecule has 0 spiro atoms. The Labute approximate surface area is 240 Å². The summed E-state index contributed by atoms with van der Waals surface area (Å²) in [6.45, 7) is -0.806. The van der Waals surface area contributed by atoms with Crippen LogP contribution in [0.2, 0.25) is 0 Å². The normalized spacial score (nSPS) is 10.1. The summed E-state index contributed by atoms with van der Waals surface area (Å²) in [6, 6.07) is 16.8. The number of hydrogen-bond donors (Lipinski definition) is 0. The van der Waals surface area contributed by atoms with Crippen LogP contribution >= 0.6 is 0 Å². The van der Waals surface area contributed by atoms with Gasteiger partial charge in [0, 0.05) is 0 Å². The van der Waals surface area contributed by atoms with E-state index in [0.717, 1.165) is 0 Å². The van der Waals surface area contributed by atoms with E-state index in [-0.39, 0.29) is 59.8 Å². The third kappa shape index (κ3) is 8.74. The molecule has 0 unspecified atom stereocenters. The second-order valence-corrected chi connectivity index (χ2v) is 8.26. The van der Waals surface area contributed by atoms with Crippen LogP contribution in [0.25, 0.3) is 0 Å². The van der Waals surface area contributed by atoms with Gasteiger partial charge in [0.2, 0.25) is 0 Å². The zero-order chi connectivity index (χ0) is 30.5. The Hall–Kier alpha value is -5.52. The fourth-order valence-electron chi connectivity index (χ4n) is 3.33. The molecule has 218 valence electrons. The fraction of sp³-hybridized carbons (Fsp3) is 0.200. The molecular formula is C30H26O12. The first kappa shape index (κ1) is 31.0. The minimum Gasteiger partial charge on any atom is -0.465 e. The second kappa shape index (κ2) is 15.3. The Bertz CT molecular complexity index is 1310. The highest BCUT2D eigenvalue weighted by Crippen LogP contribution is 2.10. The molecule has 0 heterocycles. The van der Waals surface area contributed by atoms with Crippen LogP contribution in [0.3, 0.4) is 0 Å². The van der Waals surface area contributed by atoms with Crippen LogP contribution in [0.5, 0.6) is 0 Å². The van der Waals surface area contributed by atoms with Crippen molar-refractivity contribution in [2.45, 2.75) is 0 Å². The predicted molar refractivity (Wildman–Crippen MR) is 143 cm³/mol. The summed E-state index contributed by atoms with van der Waals surface area (Å²) in [5, 5.41) is 0. The first-order valence-electron chi connectivity index (χ1n) is 12.4. The number of methoxy groups -OCH3 is 2. The molecule has 0 saturated carbocycles. The van der Waals surface area contributed by atoms with Crippen molar-refractivity contribution in [3.63, 3.8) is 0 Å². The summed E-state index contributed by atoms with van der Waals surface area (Å²) >= 11 is 0. The number of carbonyl (C=O) groups excluding carboxylic acids is 6. The maximum Gasteiger partial charge on any atom is 0.338 e. The van der Waals surface area contributed by atoms with Crippen LogP contribution in [-0.2, 0) is 28.4 Å². The Morgan fingerprint density at radius 2 is 0.524 bits per heavy atom. The molecule has 0 amide bonds. The van der Waals surface area contributed by atoms with Crippen molar-refractivity contribution in [2.75, 3.05) is 40.6 Å². The van der Waals surface area contributed by atoms with E-state index in [4.69, 9.17) is 18.9 Å². The minimum atomic E-state index is -0.695. The topological polar surface area (TPSA) is 158 Å². The molecule has 0 aliphatic rings. The molecular weight excluding hydrogens is 552 g/mol. The molecule has 12 heteroatoms. The van der Waals surface area contributed by atoms with Crippen molar-refractivity contribution in [3.05, 3.63) is 106 Å². The molecule has 0 radical (unpaired) electrons. The first-order chi connectivity index (χ1) is 20.2. The van der Waals surface area contributed by atoms with Gasteiger partial charge in [-0.25, -0.2) is 28.8 Å². The maximum absolute atomic E-state index is 12.2. The molecule has 3 rings (SSSR count). The minimum absolute atomic E-state index is 0.156. The van der Waals surface area contributed by atoms with E-state index < -0.39 is 35.8 Å². The van der Waals surface area contributed by atoms with E-state index in [1.54, 1.807) is 0 Å². The summed E-state index contributed by atoms with van der Waals surface area (Å²) < 4.78 is 29.4. The Balaban J connectivity index is 1.35. The lowest BCUT2D eigenvalue weighted by Gasteiger charge is -2.08. The SMILES string of the molecule is COC(=O)c1ccc(C(=O)OCCOC(=O)c2ccc(C(=O)OCCOC(=O)c3ccc(C(=O)OC)cc3)cc2)cc1. The van der Waals surface area contributed by atoms with Crippen molar-refractivity contribution >= 4 is 35.8 Å². The average molecular weight is 579 g/mol. The standard InChI is InChI=1S/C30H26O12/c1-37-25(31)19-3-7-21(8-4-19)27(33)39-15-17-41-29(35)23-11-13-24(14-12-23)30(36)42-18-16-40-28(34)22-9-5-20(6-10-22)26(32)38-2/h3-14H,15-18H2,1-2H3. The molecule has 0 aliphatic carbocycles. The summed E-state index contributed by atoms with van der Waals surface area (Å²) in [5.41, 5.74) is 1.30. The van der Waals surface area contributed by atoms with Crippen molar-refractivity contribution in [1.29, 1.82) is 0 Å². The Morgan fingerprint density at radius 1 is 0.357 bits per heavy atom. The fourth-order valence-corrected chi connectivity index (χ4v) is 3.33. The smallest absolute Gasteiger partial charge is 0.338 e. The van der Waals surface area contributed by atoms with Crippen molar-refractivity contribution in [2.24, 2.45) is 0 Å². The van der Waals surface area contributed by atoms with Crippen molar-refractivity contribution < 1.29 is 57.2 Å². The molecule has 42 heavy (non-hydrogen) atoms. The largest absolute Gasteiger partial charge is 0.465 e. The highest BCUT2D eigenvalue weighted by Gasteiger charge is 2.14. The van der Waals surface area contributed by atoms with Crippen LogP contribution in [0.4, 0.5) is 0 Å². The van der Waals surface area contributed by atoms with Gasteiger partial charge in [-0.05, 0) is 72.8 Å². The second-order valence-electron chi connectivity index (χ2n) is 8.26. The van der Waals surface area contributed by atoms with E-state index in [1.807, 2.05) is 0 Å². The van der Waals surface area contributed by atoms with E-state index in [9.17, 15) is 28.8 Å². The van der Waals surface area contributed by atoms with Gasteiger partial charge in [-0.1, -0.05) is 0 Å². The van der Waals surface area contributed by atoms with Gasteiger partial charge in [0.25, 0.3) is 0 Å². The molecule has 0 fully saturated rings. The molecule has 0 aromatic heterocycles. The summed E-state index contributed by atoms with van der Waals surface area (Å²) in [5.74, 6) is -3.77. The van der Waals surface area contributed by atoms with Crippen molar-refractivity contribution in [1.82, 2.24) is 0 Å². The molecule has 0 saturated heterocycles. The zero-order valence-electron chi connectivity index (χ0n) is 22.7. The van der Waals surface area contributed by atoms with Gasteiger partial charge in [0.1, 0.15) is 26.4 Å². The molecule has 0 bridgehead atoms. The monoisotopic (exact) mass is 578 g/mol. The molecule has 3 aromatic carbocycles. The quantitative estimate of drug-likeness (QED) is 0.176. The van der Waals surface area contributed by atoms with E-state index >= 15 is 0 Å². The van der Waals surface area contributed by atoms with Crippen LogP contribution < -0.4 is 0 Å². The molecule has 0 aliphatic heterocycles. The van der Waals surface area contributed by atoms with E-state index in [2.05, 4.69) is 9.47 Å². The van der Waals surface area contributed by atoms with Gasteiger partial charge >= 0.3 is 35.8 Å². The van der Waals surface area contributed by atoms with Gasteiger partial charge in [-0.15, -0.1) is 0 Å². The zero-order valence-corrected chi connectivity index (χ0v) is 22.7. The third-order valence-corrected chi connectivity index (χ3v) is 5.54.